The van der Waals surface area contributed by atoms with Crippen molar-refractivity contribution < 1.29 is 33.5 Å². The number of carboxylic acids is 1. The SMILES string of the molecule is COc1cc(C(=O)NCc2cc(C(=O)O)c(C)o2)c([N+](=O)[O-])cc1OC. The van der Waals surface area contributed by atoms with E-state index < -0.39 is 22.5 Å². The van der Waals surface area contributed by atoms with Gasteiger partial charge in [0.1, 0.15) is 22.6 Å². The summed E-state index contributed by atoms with van der Waals surface area (Å²) in [7, 11) is 2.66. The van der Waals surface area contributed by atoms with E-state index in [1.54, 1.807) is 0 Å². The third-order valence-corrected chi connectivity index (χ3v) is 3.57. The molecule has 0 bridgehead atoms. The van der Waals surface area contributed by atoms with E-state index in [0.29, 0.717) is 0 Å². The topological polar surface area (TPSA) is 141 Å². The Morgan fingerprint density at radius 3 is 2.31 bits per heavy atom. The van der Waals surface area contributed by atoms with Crippen LogP contribution in [-0.4, -0.2) is 36.1 Å². The summed E-state index contributed by atoms with van der Waals surface area (Å²) in [5, 5.41) is 22.7. The quantitative estimate of drug-likeness (QED) is 0.562. The van der Waals surface area contributed by atoms with Gasteiger partial charge in [0, 0.05) is 6.07 Å². The number of aromatic carboxylic acids is 1. The minimum atomic E-state index is -1.15. The number of rotatable bonds is 7. The van der Waals surface area contributed by atoms with Gasteiger partial charge in [0.15, 0.2) is 11.5 Å². The van der Waals surface area contributed by atoms with Crippen LogP contribution in [0.15, 0.2) is 22.6 Å². The average Bonchev–Trinajstić information content (AvgIpc) is 2.99. The largest absolute Gasteiger partial charge is 0.493 e. The molecule has 0 radical (unpaired) electrons. The van der Waals surface area contributed by atoms with Crippen LogP contribution in [0.2, 0.25) is 0 Å². The van der Waals surface area contributed by atoms with Crippen LogP contribution in [0.3, 0.4) is 0 Å². The van der Waals surface area contributed by atoms with Crippen LogP contribution in [0.1, 0.15) is 32.2 Å². The van der Waals surface area contributed by atoms with Gasteiger partial charge in [0.2, 0.25) is 0 Å². The highest BCUT2D eigenvalue weighted by atomic mass is 16.6. The van der Waals surface area contributed by atoms with Crippen molar-refractivity contribution in [2.24, 2.45) is 0 Å². The lowest BCUT2D eigenvalue weighted by molar-refractivity contribution is -0.385. The van der Waals surface area contributed by atoms with E-state index in [0.717, 1.165) is 6.07 Å². The summed E-state index contributed by atoms with van der Waals surface area (Å²) in [6, 6.07) is 3.57. The summed E-state index contributed by atoms with van der Waals surface area (Å²) in [4.78, 5) is 33.9. The summed E-state index contributed by atoms with van der Waals surface area (Å²) in [5.41, 5.74) is -0.706. The third-order valence-electron chi connectivity index (χ3n) is 3.57. The number of carboxylic acid groups (broad SMARTS) is 1. The predicted molar refractivity (Wildman–Crippen MR) is 87.8 cm³/mol. The fourth-order valence-electron chi connectivity index (χ4n) is 2.31. The number of furan rings is 1. The Balaban J connectivity index is 2.27. The van der Waals surface area contributed by atoms with Gasteiger partial charge in [-0.25, -0.2) is 4.79 Å². The van der Waals surface area contributed by atoms with Crippen LogP contribution < -0.4 is 14.8 Å². The number of aryl methyl sites for hydroxylation is 1. The highest BCUT2D eigenvalue weighted by molar-refractivity contribution is 5.99. The van der Waals surface area contributed by atoms with Crippen molar-refractivity contribution in [3.63, 3.8) is 0 Å². The first-order valence-corrected chi connectivity index (χ1v) is 7.29. The lowest BCUT2D eigenvalue weighted by Crippen LogP contribution is -2.23. The molecule has 10 heteroatoms. The third kappa shape index (κ3) is 3.74. The van der Waals surface area contributed by atoms with Crippen molar-refractivity contribution in [2.75, 3.05) is 14.2 Å². The first-order valence-electron chi connectivity index (χ1n) is 7.29. The van der Waals surface area contributed by atoms with Gasteiger partial charge < -0.3 is 24.3 Å². The Labute approximate surface area is 147 Å². The maximum atomic E-state index is 12.4. The van der Waals surface area contributed by atoms with Gasteiger partial charge in [-0.05, 0) is 13.0 Å². The molecule has 1 aromatic heterocycles. The molecule has 0 atom stereocenters. The Kier molecular flexibility index (Phi) is 5.45. The molecule has 0 saturated heterocycles. The molecule has 0 saturated carbocycles. The maximum Gasteiger partial charge on any atom is 0.339 e. The molecule has 0 aliphatic rings. The molecule has 0 fully saturated rings. The fourth-order valence-corrected chi connectivity index (χ4v) is 2.31. The number of amides is 1. The number of ether oxygens (including phenoxy) is 2. The van der Waals surface area contributed by atoms with E-state index in [2.05, 4.69) is 5.32 Å². The molecular weight excluding hydrogens is 348 g/mol. The summed E-state index contributed by atoms with van der Waals surface area (Å²) >= 11 is 0. The van der Waals surface area contributed by atoms with Gasteiger partial charge in [-0.15, -0.1) is 0 Å². The van der Waals surface area contributed by atoms with Crippen molar-refractivity contribution in [1.29, 1.82) is 0 Å². The molecule has 0 aliphatic heterocycles. The van der Waals surface area contributed by atoms with Crippen LogP contribution in [0.5, 0.6) is 11.5 Å². The number of nitro groups is 1. The molecule has 1 aromatic carbocycles. The summed E-state index contributed by atoms with van der Waals surface area (Å²) < 4.78 is 15.3. The zero-order valence-corrected chi connectivity index (χ0v) is 14.2. The second-order valence-corrected chi connectivity index (χ2v) is 5.15. The Bertz CT molecular complexity index is 871. The number of carbonyl (C=O) groups excluding carboxylic acids is 1. The van der Waals surface area contributed by atoms with Crippen LogP contribution >= 0.6 is 0 Å². The highest BCUT2D eigenvalue weighted by Gasteiger charge is 2.25. The van der Waals surface area contributed by atoms with Gasteiger partial charge in [-0.3, -0.25) is 14.9 Å². The van der Waals surface area contributed by atoms with E-state index in [1.807, 2.05) is 0 Å². The lowest BCUT2D eigenvalue weighted by Gasteiger charge is -2.10. The van der Waals surface area contributed by atoms with E-state index >= 15 is 0 Å². The van der Waals surface area contributed by atoms with Gasteiger partial charge in [0.25, 0.3) is 11.6 Å². The van der Waals surface area contributed by atoms with Crippen molar-refractivity contribution in [3.05, 3.63) is 51.0 Å². The van der Waals surface area contributed by atoms with Crippen molar-refractivity contribution in [3.8, 4) is 11.5 Å². The number of nitrogens with one attached hydrogen (secondary N) is 1. The number of hydrogen-bond acceptors (Lipinski definition) is 7. The second kappa shape index (κ2) is 7.55. The van der Waals surface area contributed by atoms with Gasteiger partial charge in [-0.2, -0.15) is 0 Å². The molecule has 0 spiro atoms. The van der Waals surface area contributed by atoms with E-state index in [4.69, 9.17) is 19.0 Å². The highest BCUT2D eigenvalue weighted by Crippen LogP contribution is 2.34. The van der Waals surface area contributed by atoms with Gasteiger partial charge in [0.05, 0.1) is 31.8 Å². The van der Waals surface area contributed by atoms with E-state index in [-0.39, 0.29) is 40.7 Å². The van der Waals surface area contributed by atoms with Crippen LogP contribution in [0.4, 0.5) is 5.69 Å². The van der Waals surface area contributed by atoms with Crippen LogP contribution in [0.25, 0.3) is 0 Å². The number of benzene rings is 1. The first-order chi connectivity index (χ1) is 12.3. The summed E-state index contributed by atoms with van der Waals surface area (Å²) in [6.07, 6.45) is 0. The molecule has 10 nitrogen and oxygen atoms in total. The van der Waals surface area contributed by atoms with Crippen LogP contribution in [-0.2, 0) is 6.54 Å². The molecule has 1 heterocycles. The standard InChI is InChI=1S/C16H16N2O8/c1-8-10(16(20)21)4-9(26-8)7-17-15(19)11-5-13(24-2)14(25-3)6-12(11)18(22)23/h4-6H,7H2,1-3H3,(H,17,19)(H,20,21). The Morgan fingerprint density at radius 2 is 1.81 bits per heavy atom. The van der Waals surface area contributed by atoms with Gasteiger partial charge >= 0.3 is 5.97 Å². The molecular formula is C16H16N2O8. The number of hydrogen-bond donors (Lipinski definition) is 2. The first kappa shape index (κ1) is 18.8. The molecule has 2 N–H and O–H groups in total. The molecule has 0 unspecified atom stereocenters. The number of methoxy groups -OCH3 is 2. The Morgan fingerprint density at radius 1 is 1.19 bits per heavy atom. The van der Waals surface area contributed by atoms with Crippen molar-refractivity contribution >= 4 is 17.6 Å². The number of nitrogens with zero attached hydrogens (tertiary/aromatic N) is 1. The Hall–Kier alpha value is -3.56. The zero-order valence-electron chi connectivity index (χ0n) is 14.2. The number of nitro benzene ring substituents is 1. The summed E-state index contributed by atoms with van der Waals surface area (Å²) in [5.74, 6) is -1.23. The van der Waals surface area contributed by atoms with Crippen molar-refractivity contribution in [1.82, 2.24) is 5.32 Å². The monoisotopic (exact) mass is 364 g/mol. The van der Waals surface area contributed by atoms with Crippen LogP contribution in [0, 0.1) is 17.0 Å². The molecule has 2 rings (SSSR count). The normalized spacial score (nSPS) is 10.3. The molecule has 1 amide bonds. The van der Waals surface area contributed by atoms with E-state index in [1.165, 1.54) is 33.3 Å². The minimum Gasteiger partial charge on any atom is -0.493 e. The lowest BCUT2D eigenvalue weighted by atomic mass is 10.1. The van der Waals surface area contributed by atoms with Crippen molar-refractivity contribution in [2.45, 2.75) is 13.5 Å². The summed E-state index contributed by atoms with van der Waals surface area (Å²) in [6.45, 7) is 1.34. The maximum absolute atomic E-state index is 12.4. The molecule has 26 heavy (non-hydrogen) atoms. The molecule has 0 aliphatic carbocycles. The predicted octanol–water partition coefficient (Wildman–Crippen LogP) is 2.14. The second-order valence-electron chi connectivity index (χ2n) is 5.15. The minimum absolute atomic E-state index is 0.0219. The average molecular weight is 364 g/mol. The van der Waals surface area contributed by atoms with E-state index in [9.17, 15) is 19.7 Å². The van der Waals surface area contributed by atoms with Gasteiger partial charge in [-0.1, -0.05) is 0 Å². The smallest absolute Gasteiger partial charge is 0.339 e. The fraction of sp³-hybridized carbons (Fsp3) is 0.250. The zero-order chi connectivity index (χ0) is 19.4. The number of carbonyl (C=O) groups is 2. The molecule has 138 valence electrons. The molecule has 2 aromatic rings.